The van der Waals surface area contributed by atoms with Crippen molar-refractivity contribution in [1.29, 1.82) is 0 Å². The van der Waals surface area contributed by atoms with E-state index in [1.807, 2.05) is 12.3 Å². The van der Waals surface area contributed by atoms with Crippen LogP contribution in [-0.4, -0.2) is 10.8 Å². The van der Waals surface area contributed by atoms with Gasteiger partial charge in [0.2, 0.25) is 0 Å². The Labute approximate surface area is 123 Å². The number of nitrogens with zero attached hydrogens (tertiary/aromatic N) is 1. The zero-order valence-electron chi connectivity index (χ0n) is 11.5. The maximum Gasteiger partial charge on any atom is 0.141 e. The van der Waals surface area contributed by atoms with Crippen LogP contribution in [0.5, 0.6) is 0 Å². The lowest BCUT2D eigenvalue weighted by Gasteiger charge is -2.23. The van der Waals surface area contributed by atoms with Gasteiger partial charge >= 0.3 is 0 Å². The van der Waals surface area contributed by atoms with E-state index >= 15 is 0 Å². The van der Waals surface area contributed by atoms with E-state index in [1.165, 1.54) is 10.4 Å². The number of rotatable bonds is 5. The van der Waals surface area contributed by atoms with E-state index in [0.717, 1.165) is 37.8 Å². The highest BCUT2D eigenvalue weighted by atomic mass is 32.1. The van der Waals surface area contributed by atoms with E-state index in [9.17, 15) is 4.79 Å². The van der Waals surface area contributed by atoms with Crippen LogP contribution in [0.25, 0.3) is 0 Å². The number of pyridine rings is 1. The van der Waals surface area contributed by atoms with Gasteiger partial charge in [0.1, 0.15) is 5.78 Å². The van der Waals surface area contributed by atoms with E-state index in [1.54, 1.807) is 11.3 Å². The molecule has 0 amide bonds. The largest absolute Gasteiger partial charge is 0.299 e. The third kappa shape index (κ3) is 2.98. The Bertz CT molecular complexity index is 576. The maximum absolute atomic E-state index is 12.5. The molecule has 0 bridgehead atoms. The Balaban J connectivity index is 1.60. The third-order valence-electron chi connectivity index (χ3n) is 4.01. The average molecular weight is 285 g/mol. The Morgan fingerprint density at radius 3 is 3.15 bits per heavy atom. The van der Waals surface area contributed by atoms with Crippen LogP contribution >= 0.6 is 11.3 Å². The van der Waals surface area contributed by atoms with Gasteiger partial charge in [0.05, 0.1) is 11.6 Å². The summed E-state index contributed by atoms with van der Waals surface area (Å²) in [5.41, 5.74) is 2.32. The van der Waals surface area contributed by atoms with Crippen LogP contribution in [0.15, 0.2) is 35.8 Å². The predicted octanol–water partition coefficient (Wildman–Crippen LogP) is 4.16. The number of aromatic nitrogens is 1. The summed E-state index contributed by atoms with van der Waals surface area (Å²) in [6, 6.07) is 8.31. The summed E-state index contributed by atoms with van der Waals surface area (Å²) in [5.74, 6) is 0.421. The molecule has 3 heteroatoms. The average Bonchev–Trinajstić information content (AvgIpc) is 3.00. The second-order valence-electron chi connectivity index (χ2n) is 5.39. The van der Waals surface area contributed by atoms with E-state index in [4.69, 9.17) is 0 Å². The first kappa shape index (κ1) is 13.5. The molecule has 1 aliphatic rings. The highest BCUT2D eigenvalue weighted by Gasteiger charge is 2.26. The normalized spacial score (nSPS) is 17.7. The Kier molecular flexibility index (Phi) is 4.26. The van der Waals surface area contributed by atoms with Gasteiger partial charge < -0.3 is 0 Å². The van der Waals surface area contributed by atoms with Crippen LogP contribution in [0.4, 0.5) is 0 Å². The number of hydrogen-bond donors (Lipinski definition) is 0. The number of hydrogen-bond acceptors (Lipinski definition) is 3. The molecule has 0 aliphatic heterocycles. The molecule has 0 fully saturated rings. The van der Waals surface area contributed by atoms with Gasteiger partial charge in [0.25, 0.3) is 0 Å². The molecule has 20 heavy (non-hydrogen) atoms. The topological polar surface area (TPSA) is 30.0 Å². The van der Waals surface area contributed by atoms with Gasteiger partial charge in [-0.2, -0.15) is 0 Å². The van der Waals surface area contributed by atoms with E-state index in [2.05, 4.69) is 28.6 Å². The molecule has 2 aromatic rings. The van der Waals surface area contributed by atoms with Gasteiger partial charge in [-0.15, -0.1) is 11.3 Å². The van der Waals surface area contributed by atoms with Crippen LogP contribution in [0.2, 0.25) is 0 Å². The van der Waals surface area contributed by atoms with Gasteiger partial charge in [0, 0.05) is 17.5 Å². The first-order valence-corrected chi connectivity index (χ1v) is 8.21. The molecule has 2 nitrogen and oxygen atoms in total. The van der Waals surface area contributed by atoms with E-state index < -0.39 is 0 Å². The number of aryl methyl sites for hydroxylation is 2. The van der Waals surface area contributed by atoms with Crippen molar-refractivity contribution in [2.45, 2.75) is 44.4 Å². The van der Waals surface area contributed by atoms with Crippen LogP contribution in [0, 0.1) is 0 Å². The van der Waals surface area contributed by atoms with Crippen molar-refractivity contribution >= 4 is 17.1 Å². The number of carbonyl (C=O) groups is 1. The lowest BCUT2D eigenvalue weighted by molar-refractivity contribution is -0.121. The zero-order chi connectivity index (χ0) is 13.8. The molecule has 2 heterocycles. The fourth-order valence-corrected chi connectivity index (χ4v) is 3.74. The first-order chi connectivity index (χ1) is 9.84. The second kappa shape index (κ2) is 6.31. The number of thiophene rings is 1. The Hall–Kier alpha value is -1.48. The van der Waals surface area contributed by atoms with E-state index in [0.29, 0.717) is 12.2 Å². The lowest BCUT2D eigenvalue weighted by atomic mass is 9.82. The van der Waals surface area contributed by atoms with E-state index in [-0.39, 0.29) is 5.92 Å². The van der Waals surface area contributed by atoms with Crippen LogP contribution < -0.4 is 0 Å². The highest BCUT2D eigenvalue weighted by molar-refractivity contribution is 7.09. The molecule has 0 spiro atoms. The fraction of sp³-hybridized carbons (Fsp3) is 0.412. The number of Topliss-reactive ketones (excluding diaryl/α,β-unsaturated/α-hetero) is 1. The number of fused-ring (bicyclic) bond motifs is 1. The summed E-state index contributed by atoms with van der Waals surface area (Å²) in [6.45, 7) is 0. The molecule has 0 aromatic carbocycles. The summed E-state index contributed by atoms with van der Waals surface area (Å²) < 4.78 is 0. The van der Waals surface area contributed by atoms with Gasteiger partial charge in [-0.3, -0.25) is 9.78 Å². The van der Waals surface area contributed by atoms with Gasteiger partial charge in [-0.05, 0) is 55.2 Å². The standard InChI is InChI=1S/C17H19NOS/c19-16(10-2-7-14-8-4-12-20-14)15-9-1-5-13-6-3-11-18-17(13)15/h3-4,6,8,11-12,15H,1-2,5,7,9-10H2. The zero-order valence-corrected chi connectivity index (χ0v) is 12.4. The minimum absolute atomic E-state index is 0.0447. The van der Waals surface area contributed by atoms with Crippen LogP contribution in [0.1, 0.15) is 47.7 Å². The van der Waals surface area contributed by atoms with Crippen molar-refractivity contribution in [2.24, 2.45) is 0 Å². The summed E-state index contributed by atoms with van der Waals surface area (Å²) >= 11 is 1.78. The van der Waals surface area contributed by atoms with Gasteiger partial charge in [-0.1, -0.05) is 12.1 Å². The van der Waals surface area contributed by atoms with Crippen molar-refractivity contribution in [1.82, 2.24) is 4.98 Å². The molecule has 0 N–H and O–H groups in total. The predicted molar refractivity (Wildman–Crippen MR) is 82.2 cm³/mol. The smallest absolute Gasteiger partial charge is 0.141 e. The molecular formula is C17H19NOS. The molecule has 0 saturated carbocycles. The van der Waals surface area contributed by atoms with Gasteiger partial charge in [-0.25, -0.2) is 0 Å². The fourth-order valence-electron chi connectivity index (χ4n) is 2.99. The van der Waals surface area contributed by atoms with Crippen LogP contribution in [0.3, 0.4) is 0 Å². The number of carbonyl (C=O) groups excluding carboxylic acids is 1. The SMILES string of the molecule is O=C(CCCc1cccs1)C1CCCc2cccnc21. The lowest BCUT2D eigenvalue weighted by Crippen LogP contribution is -2.20. The highest BCUT2D eigenvalue weighted by Crippen LogP contribution is 2.31. The van der Waals surface area contributed by atoms with Crippen molar-refractivity contribution < 1.29 is 4.79 Å². The summed E-state index contributed by atoms with van der Waals surface area (Å²) in [4.78, 5) is 18.3. The molecule has 3 rings (SSSR count). The van der Waals surface area contributed by atoms with Crippen molar-refractivity contribution in [3.63, 3.8) is 0 Å². The van der Waals surface area contributed by atoms with Gasteiger partial charge in [0.15, 0.2) is 0 Å². The molecule has 2 aromatic heterocycles. The molecule has 1 aliphatic carbocycles. The Morgan fingerprint density at radius 2 is 2.30 bits per heavy atom. The summed E-state index contributed by atoms with van der Waals surface area (Å²) in [6.07, 6.45) is 7.63. The second-order valence-corrected chi connectivity index (χ2v) is 6.42. The molecule has 0 saturated heterocycles. The molecular weight excluding hydrogens is 266 g/mol. The first-order valence-electron chi connectivity index (χ1n) is 7.33. The van der Waals surface area contributed by atoms with Crippen LogP contribution in [-0.2, 0) is 17.6 Å². The van der Waals surface area contributed by atoms with Crippen molar-refractivity contribution in [2.75, 3.05) is 0 Å². The minimum atomic E-state index is 0.0447. The Morgan fingerprint density at radius 1 is 1.35 bits per heavy atom. The quantitative estimate of drug-likeness (QED) is 0.826. The summed E-state index contributed by atoms with van der Waals surface area (Å²) in [5, 5.41) is 2.10. The third-order valence-corrected chi connectivity index (χ3v) is 4.95. The molecule has 1 unspecified atom stereocenters. The molecule has 0 radical (unpaired) electrons. The molecule has 104 valence electrons. The number of ketones is 1. The minimum Gasteiger partial charge on any atom is -0.299 e. The monoisotopic (exact) mass is 285 g/mol. The summed E-state index contributed by atoms with van der Waals surface area (Å²) in [7, 11) is 0. The molecule has 1 atom stereocenters. The van der Waals surface area contributed by atoms with Crippen molar-refractivity contribution in [3.05, 3.63) is 52.0 Å². The maximum atomic E-state index is 12.5. The van der Waals surface area contributed by atoms with Crippen molar-refractivity contribution in [3.8, 4) is 0 Å².